The number of nitrogens with zero attached hydrogens (tertiary/aromatic N) is 1. The van der Waals surface area contributed by atoms with Crippen LogP contribution < -0.4 is 10.2 Å². The minimum atomic E-state index is -2.18. The van der Waals surface area contributed by atoms with Crippen molar-refractivity contribution in [2.45, 2.75) is 96.7 Å². The summed E-state index contributed by atoms with van der Waals surface area (Å²) in [5.41, 5.74) is 5.06. The molecule has 0 heterocycles. The van der Waals surface area contributed by atoms with Gasteiger partial charge >= 0.3 is 5.97 Å². The van der Waals surface area contributed by atoms with Gasteiger partial charge in [-0.25, -0.2) is 26.7 Å². The molecule has 0 unspecified atom stereocenters. The first-order valence-corrected chi connectivity index (χ1v) is 17.7. The first kappa shape index (κ1) is 49.0. The van der Waals surface area contributed by atoms with Crippen LogP contribution in [0, 0.1) is 29.1 Å². The molecule has 0 atom stereocenters. The number of carbonyl (C=O) groups excluding carboxylic acids is 2. The van der Waals surface area contributed by atoms with Crippen LogP contribution >= 0.6 is 24.2 Å². The zero-order valence-corrected chi connectivity index (χ0v) is 34.0. The lowest BCUT2D eigenvalue weighted by Gasteiger charge is -2.28. The number of amides is 1. The predicted octanol–water partition coefficient (Wildman–Crippen LogP) is 9.23. The number of carbonyl (C=O) groups is 2. The number of thiol groups is 1. The number of rotatable bonds is 8. The molecule has 0 aliphatic heterocycles. The number of ether oxygens (including phenoxy) is 1. The fourth-order valence-electron chi connectivity index (χ4n) is 4.87. The first-order valence-electron chi connectivity index (χ1n) is 16.8. The fraction of sp³-hybridized carbons (Fsp3) is 0.366. The lowest BCUT2D eigenvalue weighted by molar-refractivity contribution is -0.118. The lowest BCUT2D eigenvalue weighted by Crippen LogP contribution is -2.38. The molecule has 55 heavy (non-hydrogen) atoms. The molecule has 7 nitrogen and oxygen atoms in total. The second kappa shape index (κ2) is 19.7. The molecule has 0 radical (unpaired) electrons. The highest BCUT2D eigenvalue weighted by Crippen LogP contribution is 2.32. The highest BCUT2D eigenvalue weighted by molar-refractivity contribution is 7.80. The summed E-state index contributed by atoms with van der Waals surface area (Å²) in [6.07, 6.45) is 0. The summed E-state index contributed by atoms with van der Waals surface area (Å²) >= 11 is 9.11. The first-order chi connectivity index (χ1) is 24.4. The van der Waals surface area contributed by atoms with E-state index in [-0.39, 0.29) is 40.2 Å². The van der Waals surface area contributed by atoms with E-state index in [1.807, 2.05) is 57.2 Å². The molecule has 302 valence electrons. The van der Waals surface area contributed by atoms with Crippen LogP contribution in [0.4, 0.5) is 27.6 Å². The predicted molar refractivity (Wildman–Crippen MR) is 211 cm³/mol. The van der Waals surface area contributed by atoms with Gasteiger partial charge in [-0.05, 0) is 90.3 Å². The van der Waals surface area contributed by atoms with Crippen LogP contribution in [0.25, 0.3) is 0 Å². The molecule has 4 rings (SSSR count). The van der Waals surface area contributed by atoms with Gasteiger partial charge in [0.05, 0.1) is 23.5 Å². The molecule has 0 fully saturated rings. The van der Waals surface area contributed by atoms with Crippen LogP contribution in [-0.4, -0.2) is 35.0 Å². The van der Waals surface area contributed by atoms with E-state index >= 15 is 0 Å². The maximum absolute atomic E-state index is 13.7. The molecule has 0 spiro atoms. The number of nitrogens with one attached hydrogen (secondary N) is 1. The summed E-state index contributed by atoms with van der Waals surface area (Å²) in [7, 11) is 0. The van der Waals surface area contributed by atoms with Gasteiger partial charge in [0.25, 0.3) is 0 Å². The van der Waals surface area contributed by atoms with E-state index in [4.69, 9.17) is 16.3 Å². The van der Waals surface area contributed by atoms with E-state index in [2.05, 4.69) is 77.7 Å². The van der Waals surface area contributed by atoms with Crippen LogP contribution in [0.2, 0.25) is 5.02 Å². The molecule has 0 aliphatic rings. The van der Waals surface area contributed by atoms with Crippen LogP contribution in [0.5, 0.6) is 0 Å². The van der Waals surface area contributed by atoms with E-state index in [9.17, 15) is 31.5 Å². The fourth-order valence-corrected chi connectivity index (χ4v) is 5.20. The quantitative estimate of drug-likeness (QED) is 0.0606. The van der Waals surface area contributed by atoms with Crippen molar-refractivity contribution < 1.29 is 47.2 Å². The summed E-state index contributed by atoms with van der Waals surface area (Å²) < 4.78 is 66.8. The Hall–Kier alpha value is -4.01. The van der Waals surface area contributed by atoms with Crippen molar-refractivity contribution >= 4 is 41.8 Å². The van der Waals surface area contributed by atoms with Crippen molar-refractivity contribution in [1.82, 2.24) is 5.32 Å². The Morgan fingerprint density at radius 2 is 1.15 bits per heavy atom. The van der Waals surface area contributed by atoms with Crippen molar-refractivity contribution in [1.29, 1.82) is 0 Å². The van der Waals surface area contributed by atoms with Crippen molar-refractivity contribution in [3.8, 4) is 0 Å². The summed E-state index contributed by atoms with van der Waals surface area (Å²) in [4.78, 5) is 26.9. The highest BCUT2D eigenvalue weighted by Gasteiger charge is 2.25. The average Bonchev–Trinajstić information content (AvgIpc) is 3.07. The number of benzene rings is 4. The Labute approximate surface area is 330 Å². The SMILES string of the molecule is CC(C)(C)OC(=O)c1ccc(N(Cc2cc(C(C)(C)C)cc(C(C)(C)C)c2)C(=O)CNCc2ccc(Cl)cc2)cc1.Fc1c(F)c(F)c(S)c(F)c1F.O.O. The van der Waals surface area contributed by atoms with Crippen LogP contribution in [0.15, 0.2) is 71.6 Å². The molecule has 0 aromatic heterocycles. The standard InChI is InChI=1S/C35H45ClN2O3.C6HF5S.2H2O/c1-33(2,3)27-18-25(19-28(20-27)34(4,5)6)23-38(31(39)22-37-21-24-10-14-29(36)15-11-24)30-16-12-26(13-17-30)32(40)41-35(7,8)9;7-1-2(8)4(10)6(12)5(11)3(1)9;;/h10-20,37H,21-23H2,1-9H3;12H;2*1H2. The summed E-state index contributed by atoms with van der Waals surface area (Å²) in [5.74, 6) is -10.5. The molecule has 4 aromatic rings. The number of hydrogen-bond acceptors (Lipinski definition) is 5. The lowest BCUT2D eigenvalue weighted by atomic mass is 9.79. The third kappa shape index (κ3) is 13.9. The monoisotopic (exact) mass is 812 g/mol. The van der Waals surface area contributed by atoms with Crippen LogP contribution in [0.3, 0.4) is 0 Å². The van der Waals surface area contributed by atoms with E-state index in [0.717, 1.165) is 11.1 Å². The average molecular weight is 813 g/mol. The number of esters is 1. The van der Waals surface area contributed by atoms with Crippen molar-refractivity contribution in [2.24, 2.45) is 0 Å². The summed E-state index contributed by atoms with van der Waals surface area (Å²) in [5, 5.41) is 3.95. The zero-order chi connectivity index (χ0) is 40.1. The topological polar surface area (TPSA) is 122 Å². The van der Waals surface area contributed by atoms with Crippen molar-refractivity contribution in [2.75, 3.05) is 11.4 Å². The Morgan fingerprint density at radius 3 is 1.58 bits per heavy atom. The number of hydrogen-bond donors (Lipinski definition) is 2. The molecule has 0 bridgehead atoms. The van der Waals surface area contributed by atoms with Crippen LogP contribution in [0.1, 0.15) is 94.9 Å². The van der Waals surface area contributed by atoms with Gasteiger partial charge in [-0.3, -0.25) is 4.79 Å². The Kier molecular flexibility index (Phi) is 17.6. The highest BCUT2D eigenvalue weighted by atomic mass is 35.5. The van der Waals surface area contributed by atoms with E-state index < -0.39 is 39.6 Å². The zero-order valence-electron chi connectivity index (χ0n) is 32.4. The van der Waals surface area contributed by atoms with Gasteiger partial charge in [0, 0.05) is 17.3 Å². The van der Waals surface area contributed by atoms with Crippen LogP contribution in [-0.2, 0) is 33.5 Å². The molecule has 0 saturated carbocycles. The van der Waals surface area contributed by atoms with Gasteiger partial charge in [-0.1, -0.05) is 83.5 Å². The van der Waals surface area contributed by atoms with E-state index in [1.54, 1.807) is 17.0 Å². The van der Waals surface area contributed by atoms with Gasteiger partial charge in [0.2, 0.25) is 11.7 Å². The second-order valence-electron chi connectivity index (χ2n) is 15.6. The normalized spacial score (nSPS) is 11.4. The van der Waals surface area contributed by atoms with Gasteiger partial charge < -0.3 is 25.9 Å². The maximum atomic E-state index is 13.7. The molecule has 0 aliphatic carbocycles. The van der Waals surface area contributed by atoms with Gasteiger partial charge in [0.1, 0.15) is 5.60 Å². The minimum Gasteiger partial charge on any atom is -0.456 e. The van der Waals surface area contributed by atoms with E-state index in [0.29, 0.717) is 29.4 Å². The second-order valence-corrected chi connectivity index (χ2v) is 16.5. The molecule has 4 aromatic carbocycles. The third-order valence-electron chi connectivity index (χ3n) is 7.89. The summed E-state index contributed by atoms with van der Waals surface area (Å²) in [6.45, 7) is 19.9. The molecular formula is C41H50ClF5N2O5S. The molecule has 1 amide bonds. The van der Waals surface area contributed by atoms with Crippen molar-refractivity contribution in [3.63, 3.8) is 0 Å². The van der Waals surface area contributed by atoms with Gasteiger partial charge in [0.15, 0.2) is 23.3 Å². The Balaban J connectivity index is 0.000000921. The smallest absolute Gasteiger partial charge is 0.338 e. The molecule has 14 heteroatoms. The van der Waals surface area contributed by atoms with E-state index in [1.165, 1.54) is 11.1 Å². The number of anilines is 1. The summed E-state index contributed by atoms with van der Waals surface area (Å²) in [6, 6.07) is 21.3. The largest absolute Gasteiger partial charge is 0.456 e. The minimum absolute atomic E-state index is 0. The third-order valence-corrected chi connectivity index (χ3v) is 8.53. The van der Waals surface area contributed by atoms with Crippen molar-refractivity contribution in [3.05, 3.63) is 129 Å². The molecule has 0 saturated heterocycles. The molecular weight excluding hydrogens is 763 g/mol. The number of halogens is 6. The van der Waals surface area contributed by atoms with Gasteiger partial charge in [-0.2, -0.15) is 0 Å². The Bertz CT molecular complexity index is 1790. The van der Waals surface area contributed by atoms with Gasteiger partial charge in [-0.15, -0.1) is 12.6 Å². The molecule has 5 N–H and O–H groups in total. The Morgan fingerprint density at radius 1 is 0.691 bits per heavy atom. The maximum Gasteiger partial charge on any atom is 0.338 e.